The number of hydrogen-bond donors (Lipinski definition) is 5. The highest BCUT2D eigenvalue weighted by molar-refractivity contribution is 5.91. The van der Waals surface area contributed by atoms with Gasteiger partial charge >= 0.3 is 5.97 Å². The van der Waals surface area contributed by atoms with Crippen molar-refractivity contribution in [2.45, 2.75) is 38.8 Å². The Morgan fingerprint density at radius 3 is 2.48 bits per heavy atom. The summed E-state index contributed by atoms with van der Waals surface area (Å²) in [5.41, 5.74) is 7.00. The molecule has 2 rings (SSSR count). The molecule has 0 aliphatic rings. The minimum atomic E-state index is -1.14. The molecule has 6 N–H and O–H groups in total. The van der Waals surface area contributed by atoms with E-state index in [1.807, 2.05) is 38.1 Å². The molecule has 8 nitrogen and oxygen atoms in total. The molecule has 0 saturated carbocycles. The van der Waals surface area contributed by atoms with Crippen molar-refractivity contribution >= 4 is 28.7 Å². The molecule has 1 aromatic carbocycles. The largest absolute Gasteiger partial charge is 0.480 e. The molecule has 1 heterocycles. The van der Waals surface area contributed by atoms with Crippen molar-refractivity contribution in [1.82, 2.24) is 15.6 Å². The van der Waals surface area contributed by atoms with Crippen LogP contribution in [0.3, 0.4) is 0 Å². The fourth-order valence-corrected chi connectivity index (χ4v) is 2.95. The van der Waals surface area contributed by atoms with Crippen LogP contribution in [0.15, 0.2) is 30.5 Å². The van der Waals surface area contributed by atoms with Crippen LogP contribution in [0.2, 0.25) is 0 Å². The maximum Gasteiger partial charge on any atom is 0.326 e. The van der Waals surface area contributed by atoms with Gasteiger partial charge in [0.25, 0.3) is 0 Å². The van der Waals surface area contributed by atoms with Crippen LogP contribution >= 0.6 is 0 Å². The third-order valence-electron chi connectivity index (χ3n) is 4.26. The summed E-state index contributed by atoms with van der Waals surface area (Å²) in [5.74, 6) is -1.99. The average molecular weight is 374 g/mol. The summed E-state index contributed by atoms with van der Waals surface area (Å²) in [6, 6.07) is 5.61. The second kappa shape index (κ2) is 9.18. The van der Waals surface area contributed by atoms with E-state index in [4.69, 9.17) is 5.73 Å². The van der Waals surface area contributed by atoms with E-state index < -0.39 is 29.9 Å². The van der Waals surface area contributed by atoms with Gasteiger partial charge in [0.15, 0.2) is 0 Å². The normalized spacial score (nSPS) is 13.3. The minimum absolute atomic E-state index is 0.129. The van der Waals surface area contributed by atoms with Gasteiger partial charge in [-0.2, -0.15) is 0 Å². The highest BCUT2D eigenvalue weighted by atomic mass is 16.4. The first-order valence-electron chi connectivity index (χ1n) is 8.89. The maximum absolute atomic E-state index is 12.6. The van der Waals surface area contributed by atoms with Crippen LogP contribution in [-0.2, 0) is 20.8 Å². The third-order valence-corrected chi connectivity index (χ3v) is 4.26. The van der Waals surface area contributed by atoms with E-state index in [0.29, 0.717) is 6.42 Å². The molecule has 0 aliphatic carbocycles. The number of para-hydroxylation sites is 1. The number of carboxylic acids is 1. The lowest BCUT2D eigenvalue weighted by Crippen LogP contribution is -2.53. The highest BCUT2D eigenvalue weighted by Gasteiger charge is 2.27. The Labute approximate surface area is 157 Å². The van der Waals surface area contributed by atoms with Crippen molar-refractivity contribution in [3.8, 4) is 0 Å². The van der Waals surface area contributed by atoms with Gasteiger partial charge in [-0.1, -0.05) is 32.0 Å². The summed E-state index contributed by atoms with van der Waals surface area (Å²) in [4.78, 5) is 39.0. The van der Waals surface area contributed by atoms with Gasteiger partial charge in [0, 0.05) is 23.5 Å². The molecule has 0 radical (unpaired) electrons. The minimum Gasteiger partial charge on any atom is -0.480 e. The number of amides is 2. The zero-order valence-corrected chi connectivity index (χ0v) is 15.5. The first kappa shape index (κ1) is 20.4. The third kappa shape index (κ3) is 5.55. The van der Waals surface area contributed by atoms with Crippen molar-refractivity contribution in [1.29, 1.82) is 0 Å². The van der Waals surface area contributed by atoms with Crippen LogP contribution in [0, 0.1) is 5.92 Å². The summed E-state index contributed by atoms with van der Waals surface area (Å²) in [6.45, 7) is 3.59. The Balaban J connectivity index is 2.14. The molecule has 0 bridgehead atoms. The molecule has 2 aromatic rings. The van der Waals surface area contributed by atoms with Gasteiger partial charge in [-0.3, -0.25) is 9.59 Å². The molecule has 2 unspecified atom stereocenters. The number of carbonyl (C=O) groups excluding carboxylic acids is 2. The first-order chi connectivity index (χ1) is 12.8. The number of rotatable bonds is 9. The van der Waals surface area contributed by atoms with Gasteiger partial charge in [-0.05, 0) is 24.0 Å². The molecular formula is C19H26N4O4. The standard InChI is InChI=1S/C19H26N4O4/c1-11(2)7-15(22-17(24)9-20)18(25)23-16(19(26)27)8-12-10-21-14-6-4-3-5-13(12)14/h3-6,10-11,15-16,21H,7-9,20H2,1-2H3,(H,22,24)(H,23,25)(H,26,27). The van der Waals surface area contributed by atoms with E-state index >= 15 is 0 Å². The second-order valence-electron chi connectivity index (χ2n) is 6.92. The zero-order chi connectivity index (χ0) is 20.0. The van der Waals surface area contributed by atoms with Gasteiger partial charge in [-0.25, -0.2) is 4.79 Å². The van der Waals surface area contributed by atoms with E-state index in [0.717, 1.165) is 16.5 Å². The molecule has 1 aromatic heterocycles. The van der Waals surface area contributed by atoms with Gasteiger partial charge in [0.2, 0.25) is 11.8 Å². The van der Waals surface area contributed by atoms with Crippen LogP contribution < -0.4 is 16.4 Å². The Morgan fingerprint density at radius 1 is 1.15 bits per heavy atom. The lowest BCUT2D eigenvalue weighted by molar-refractivity contribution is -0.142. The van der Waals surface area contributed by atoms with E-state index in [9.17, 15) is 19.5 Å². The molecule has 0 spiro atoms. The first-order valence-corrected chi connectivity index (χ1v) is 8.89. The molecule has 146 valence electrons. The van der Waals surface area contributed by atoms with Crippen LogP contribution in [-0.4, -0.2) is 46.5 Å². The van der Waals surface area contributed by atoms with Crippen molar-refractivity contribution < 1.29 is 19.5 Å². The number of aromatic amines is 1. The average Bonchev–Trinajstić information content (AvgIpc) is 3.03. The number of aromatic nitrogens is 1. The number of carbonyl (C=O) groups is 3. The Hall–Kier alpha value is -2.87. The maximum atomic E-state index is 12.6. The molecule has 0 aliphatic heterocycles. The summed E-state index contributed by atoms with van der Waals surface area (Å²) in [7, 11) is 0. The number of hydrogen-bond acceptors (Lipinski definition) is 4. The van der Waals surface area contributed by atoms with Gasteiger partial charge < -0.3 is 26.5 Å². The summed E-state index contributed by atoms with van der Waals surface area (Å²) >= 11 is 0. The number of H-pyrrole nitrogens is 1. The number of nitrogens with two attached hydrogens (primary N) is 1. The van der Waals surface area contributed by atoms with Crippen molar-refractivity contribution in [2.75, 3.05) is 6.54 Å². The summed E-state index contributed by atoms with van der Waals surface area (Å²) in [5, 5.41) is 15.6. The predicted octanol–water partition coefficient (Wildman–Crippen LogP) is 0.769. The summed E-state index contributed by atoms with van der Waals surface area (Å²) in [6.07, 6.45) is 2.26. The van der Waals surface area contributed by atoms with E-state index in [1.54, 1.807) is 6.20 Å². The number of aliphatic carboxylic acids is 1. The SMILES string of the molecule is CC(C)CC(NC(=O)CN)C(=O)NC(Cc1c[nH]c2ccccc12)C(=O)O. The predicted molar refractivity (Wildman–Crippen MR) is 102 cm³/mol. The lowest BCUT2D eigenvalue weighted by atomic mass is 10.0. The van der Waals surface area contributed by atoms with E-state index in [1.165, 1.54) is 0 Å². The van der Waals surface area contributed by atoms with Crippen molar-refractivity contribution in [3.63, 3.8) is 0 Å². The molecule has 2 amide bonds. The van der Waals surface area contributed by atoms with Crippen LogP contribution in [0.1, 0.15) is 25.8 Å². The fourth-order valence-electron chi connectivity index (χ4n) is 2.95. The molecule has 2 atom stereocenters. The van der Waals surface area contributed by atoms with E-state index in [-0.39, 0.29) is 18.9 Å². The Bertz CT molecular complexity index is 815. The van der Waals surface area contributed by atoms with Gasteiger partial charge in [-0.15, -0.1) is 0 Å². The van der Waals surface area contributed by atoms with Crippen LogP contribution in [0.4, 0.5) is 0 Å². The van der Waals surface area contributed by atoms with E-state index in [2.05, 4.69) is 15.6 Å². The molecule has 0 saturated heterocycles. The highest BCUT2D eigenvalue weighted by Crippen LogP contribution is 2.19. The molecular weight excluding hydrogens is 348 g/mol. The van der Waals surface area contributed by atoms with Gasteiger partial charge in [0.05, 0.1) is 6.54 Å². The number of carboxylic acid groups (broad SMARTS) is 1. The van der Waals surface area contributed by atoms with Crippen molar-refractivity contribution in [3.05, 3.63) is 36.0 Å². The monoisotopic (exact) mass is 374 g/mol. The quantitative estimate of drug-likeness (QED) is 0.441. The van der Waals surface area contributed by atoms with Crippen LogP contribution in [0.25, 0.3) is 10.9 Å². The zero-order valence-electron chi connectivity index (χ0n) is 15.5. The molecule has 8 heteroatoms. The second-order valence-corrected chi connectivity index (χ2v) is 6.92. The van der Waals surface area contributed by atoms with Crippen LogP contribution in [0.5, 0.6) is 0 Å². The number of fused-ring (bicyclic) bond motifs is 1. The van der Waals surface area contributed by atoms with Crippen molar-refractivity contribution in [2.24, 2.45) is 11.7 Å². The summed E-state index contributed by atoms with van der Waals surface area (Å²) < 4.78 is 0. The van der Waals surface area contributed by atoms with Gasteiger partial charge in [0.1, 0.15) is 12.1 Å². The number of benzene rings is 1. The number of nitrogens with one attached hydrogen (secondary N) is 3. The lowest BCUT2D eigenvalue weighted by Gasteiger charge is -2.22. The Morgan fingerprint density at radius 2 is 1.85 bits per heavy atom. The fraction of sp³-hybridized carbons (Fsp3) is 0.421. The Kier molecular flexibility index (Phi) is 6.95. The smallest absolute Gasteiger partial charge is 0.326 e. The molecule has 0 fully saturated rings. The topological polar surface area (TPSA) is 137 Å². The molecule has 27 heavy (non-hydrogen) atoms.